The molecule has 0 aliphatic carbocycles. The summed E-state index contributed by atoms with van der Waals surface area (Å²) in [5, 5.41) is 2.16. The SMILES string of the molecule is CCc1cc(CC)c(C(Cl)c2sccc2CC)c(CC)c1. The molecule has 114 valence electrons. The molecule has 0 spiro atoms. The Bertz CT molecular complexity index is 572. The summed E-state index contributed by atoms with van der Waals surface area (Å²) >= 11 is 8.72. The molecule has 21 heavy (non-hydrogen) atoms. The molecule has 1 heterocycles. The van der Waals surface area contributed by atoms with E-state index < -0.39 is 0 Å². The molecule has 0 radical (unpaired) electrons. The maximum Gasteiger partial charge on any atom is 0.0935 e. The van der Waals surface area contributed by atoms with Gasteiger partial charge in [0, 0.05) is 4.88 Å². The third kappa shape index (κ3) is 3.35. The van der Waals surface area contributed by atoms with E-state index in [1.165, 1.54) is 32.7 Å². The predicted molar refractivity (Wildman–Crippen MR) is 96.0 cm³/mol. The number of alkyl halides is 1. The Morgan fingerprint density at radius 1 is 0.905 bits per heavy atom. The molecule has 1 aromatic carbocycles. The van der Waals surface area contributed by atoms with E-state index in [0.717, 1.165) is 25.7 Å². The van der Waals surface area contributed by atoms with Crippen LogP contribution in [0, 0.1) is 0 Å². The van der Waals surface area contributed by atoms with Crippen molar-refractivity contribution < 1.29 is 0 Å². The summed E-state index contributed by atoms with van der Waals surface area (Å²) < 4.78 is 0. The van der Waals surface area contributed by atoms with Crippen LogP contribution in [-0.4, -0.2) is 0 Å². The van der Waals surface area contributed by atoms with E-state index in [0.29, 0.717) is 0 Å². The highest BCUT2D eigenvalue weighted by Gasteiger charge is 2.21. The van der Waals surface area contributed by atoms with Crippen LogP contribution in [0.5, 0.6) is 0 Å². The maximum absolute atomic E-state index is 6.93. The smallest absolute Gasteiger partial charge is 0.0935 e. The second-order valence-corrected chi connectivity index (χ2v) is 6.80. The Kier molecular flexibility index (Phi) is 5.89. The molecule has 0 N–H and O–H groups in total. The van der Waals surface area contributed by atoms with Crippen molar-refractivity contribution in [1.29, 1.82) is 0 Å². The quantitative estimate of drug-likeness (QED) is 0.546. The van der Waals surface area contributed by atoms with Crippen LogP contribution >= 0.6 is 22.9 Å². The number of rotatable bonds is 6. The van der Waals surface area contributed by atoms with Crippen molar-refractivity contribution in [3.8, 4) is 0 Å². The number of thiophene rings is 1. The lowest BCUT2D eigenvalue weighted by molar-refractivity contribution is 0.962. The Balaban J connectivity index is 2.56. The van der Waals surface area contributed by atoms with Gasteiger partial charge in [-0.1, -0.05) is 39.8 Å². The van der Waals surface area contributed by atoms with Crippen LogP contribution in [0.1, 0.15) is 65.8 Å². The molecular formula is C19H25ClS. The van der Waals surface area contributed by atoms with Gasteiger partial charge in [-0.3, -0.25) is 0 Å². The summed E-state index contributed by atoms with van der Waals surface area (Å²) in [7, 11) is 0. The molecule has 1 aromatic heterocycles. The van der Waals surface area contributed by atoms with Crippen LogP contribution in [0.25, 0.3) is 0 Å². The number of aryl methyl sites for hydroxylation is 4. The van der Waals surface area contributed by atoms with Gasteiger partial charge >= 0.3 is 0 Å². The van der Waals surface area contributed by atoms with Crippen molar-refractivity contribution in [1.82, 2.24) is 0 Å². The average molecular weight is 321 g/mol. The number of halogens is 1. The zero-order chi connectivity index (χ0) is 15.4. The average Bonchev–Trinajstić information content (AvgIpc) is 3.01. The minimum Gasteiger partial charge on any atom is -0.147 e. The number of hydrogen-bond acceptors (Lipinski definition) is 1. The summed E-state index contributed by atoms with van der Waals surface area (Å²) in [6.07, 6.45) is 4.24. The lowest BCUT2D eigenvalue weighted by Crippen LogP contribution is -2.05. The second-order valence-electron chi connectivity index (χ2n) is 5.41. The van der Waals surface area contributed by atoms with E-state index in [1.54, 1.807) is 11.3 Å². The van der Waals surface area contributed by atoms with E-state index in [2.05, 4.69) is 51.3 Å². The molecule has 0 aliphatic rings. The molecule has 0 saturated carbocycles. The fraction of sp³-hybridized carbons (Fsp3) is 0.474. The zero-order valence-corrected chi connectivity index (χ0v) is 15.1. The first-order valence-corrected chi connectivity index (χ1v) is 9.32. The van der Waals surface area contributed by atoms with Gasteiger partial charge in [0.05, 0.1) is 5.38 Å². The van der Waals surface area contributed by atoms with Crippen LogP contribution in [0.3, 0.4) is 0 Å². The zero-order valence-electron chi connectivity index (χ0n) is 13.5. The standard InChI is InChI=1S/C19H25ClS/c1-5-13-11-15(7-3)17(16(8-4)12-13)18(20)19-14(6-2)9-10-21-19/h9-12,18H,5-8H2,1-4H3. The van der Waals surface area contributed by atoms with Gasteiger partial charge in [0.1, 0.15) is 0 Å². The lowest BCUT2D eigenvalue weighted by Gasteiger charge is -2.20. The lowest BCUT2D eigenvalue weighted by atomic mass is 9.90. The highest BCUT2D eigenvalue weighted by atomic mass is 35.5. The Labute approximate surface area is 138 Å². The molecule has 0 saturated heterocycles. The molecule has 0 aliphatic heterocycles. The van der Waals surface area contributed by atoms with Crippen molar-refractivity contribution in [3.05, 3.63) is 56.3 Å². The summed E-state index contributed by atoms with van der Waals surface area (Å²) in [5.41, 5.74) is 7.02. The highest BCUT2D eigenvalue weighted by molar-refractivity contribution is 7.10. The van der Waals surface area contributed by atoms with E-state index in [1.807, 2.05) is 0 Å². The van der Waals surface area contributed by atoms with Crippen molar-refractivity contribution in [2.24, 2.45) is 0 Å². The van der Waals surface area contributed by atoms with Gasteiger partial charge in [-0.05, 0) is 64.9 Å². The molecule has 2 rings (SSSR count). The first kappa shape index (κ1) is 16.6. The fourth-order valence-electron chi connectivity index (χ4n) is 2.96. The molecule has 0 fully saturated rings. The summed E-state index contributed by atoms with van der Waals surface area (Å²) in [5.74, 6) is 0. The molecule has 2 aromatic rings. The Hall–Kier alpha value is -0.790. The molecule has 1 atom stereocenters. The normalized spacial score (nSPS) is 12.6. The predicted octanol–water partition coefficient (Wildman–Crippen LogP) is 6.33. The summed E-state index contributed by atoms with van der Waals surface area (Å²) in [6, 6.07) is 6.92. The van der Waals surface area contributed by atoms with E-state index in [-0.39, 0.29) is 5.38 Å². The van der Waals surface area contributed by atoms with Gasteiger partial charge < -0.3 is 0 Å². The van der Waals surface area contributed by atoms with Crippen molar-refractivity contribution >= 4 is 22.9 Å². The van der Waals surface area contributed by atoms with Crippen molar-refractivity contribution in [2.75, 3.05) is 0 Å². The van der Waals surface area contributed by atoms with Gasteiger partial charge in [0.2, 0.25) is 0 Å². The van der Waals surface area contributed by atoms with Gasteiger partial charge in [-0.15, -0.1) is 22.9 Å². The Morgan fingerprint density at radius 2 is 1.48 bits per heavy atom. The molecule has 2 heteroatoms. The summed E-state index contributed by atoms with van der Waals surface area (Å²) in [4.78, 5) is 1.33. The molecule has 1 unspecified atom stereocenters. The van der Waals surface area contributed by atoms with Crippen LogP contribution in [-0.2, 0) is 25.7 Å². The van der Waals surface area contributed by atoms with Gasteiger partial charge in [-0.2, -0.15) is 0 Å². The van der Waals surface area contributed by atoms with Crippen molar-refractivity contribution in [2.45, 2.75) is 58.8 Å². The topological polar surface area (TPSA) is 0 Å². The van der Waals surface area contributed by atoms with E-state index in [4.69, 9.17) is 11.6 Å². The van der Waals surface area contributed by atoms with E-state index >= 15 is 0 Å². The molecule has 0 nitrogen and oxygen atoms in total. The second kappa shape index (κ2) is 7.47. The van der Waals surface area contributed by atoms with E-state index in [9.17, 15) is 0 Å². The first-order chi connectivity index (χ1) is 10.2. The third-order valence-corrected chi connectivity index (χ3v) is 5.82. The van der Waals surface area contributed by atoms with Gasteiger partial charge in [0.15, 0.2) is 0 Å². The van der Waals surface area contributed by atoms with Crippen LogP contribution in [0.15, 0.2) is 23.6 Å². The summed E-state index contributed by atoms with van der Waals surface area (Å²) in [6.45, 7) is 8.89. The highest BCUT2D eigenvalue weighted by Crippen LogP contribution is 2.39. The molecule has 0 amide bonds. The fourth-order valence-corrected chi connectivity index (χ4v) is 4.51. The van der Waals surface area contributed by atoms with Crippen LogP contribution in [0.4, 0.5) is 0 Å². The largest absolute Gasteiger partial charge is 0.147 e. The van der Waals surface area contributed by atoms with Gasteiger partial charge in [0.25, 0.3) is 0 Å². The minimum atomic E-state index is -0.00393. The monoisotopic (exact) mass is 320 g/mol. The molecular weight excluding hydrogens is 296 g/mol. The third-order valence-electron chi connectivity index (χ3n) is 4.23. The van der Waals surface area contributed by atoms with Crippen LogP contribution in [0.2, 0.25) is 0 Å². The van der Waals surface area contributed by atoms with Crippen molar-refractivity contribution in [3.63, 3.8) is 0 Å². The van der Waals surface area contributed by atoms with Gasteiger partial charge in [-0.25, -0.2) is 0 Å². The molecule has 0 bridgehead atoms. The minimum absolute atomic E-state index is 0.00393. The number of benzene rings is 1. The maximum atomic E-state index is 6.93. The Morgan fingerprint density at radius 3 is 1.95 bits per heavy atom. The van der Waals surface area contributed by atoms with Crippen LogP contribution < -0.4 is 0 Å². The first-order valence-electron chi connectivity index (χ1n) is 8.00. The number of hydrogen-bond donors (Lipinski definition) is 0.